The highest BCUT2D eigenvalue weighted by Gasteiger charge is 2.11. The van der Waals surface area contributed by atoms with Crippen LogP contribution in [0.4, 0.5) is 0 Å². The van der Waals surface area contributed by atoms with Gasteiger partial charge in [-0.1, -0.05) is 12.1 Å². The van der Waals surface area contributed by atoms with Crippen molar-refractivity contribution in [2.75, 3.05) is 26.8 Å². The number of rotatable bonds is 9. The zero-order valence-electron chi connectivity index (χ0n) is 19.2. The number of fused-ring (bicyclic) bond motifs is 1. The third-order valence-electron chi connectivity index (χ3n) is 5.39. The van der Waals surface area contributed by atoms with E-state index in [4.69, 9.17) is 9.73 Å². The van der Waals surface area contributed by atoms with Gasteiger partial charge < -0.3 is 20.4 Å². The first-order valence-corrected chi connectivity index (χ1v) is 10.6. The summed E-state index contributed by atoms with van der Waals surface area (Å²) >= 11 is 0. The van der Waals surface area contributed by atoms with Crippen molar-refractivity contribution in [3.05, 3.63) is 52.5 Å². The maximum atomic E-state index is 5.18. The van der Waals surface area contributed by atoms with Gasteiger partial charge in [-0.05, 0) is 51.3 Å². The molecule has 0 spiro atoms. The minimum atomic E-state index is 0. The predicted molar refractivity (Wildman–Crippen MR) is 139 cm³/mol. The molecule has 0 fully saturated rings. The summed E-state index contributed by atoms with van der Waals surface area (Å²) in [6.07, 6.45) is 3.04. The first-order valence-electron chi connectivity index (χ1n) is 10.6. The summed E-state index contributed by atoms with van der Waals surface area (Å²) in [6.45, 7) is 12.0. The van der Waals surface area contributed by atoms with Gasteiger partial charge in [-0.2, -0.15) is 5.10 Å². The van der Waals surface area contributed by atoms with E-state index in [-0.39, 0.29) is 24.0 Å². The zero-order chi connectivity index (χ0) is 21.5. The number of aryl methyl sites for hydroxylation is 2. The number of methoxy groups -OCH3 is 1. The Morgan fingerprint density at radius 3 is 2.77 bits per heavy atom. The Labute approximate surface area is 202 Å². The van der Waals surface area contributed by atoms with Crippen LogP contribution in [0.1, 0.15) is 35.0 Å². The van der Waals surface area contributed by atoms with Crippen LogP contribution in [0.5, 0.6) is 0 Å². The topological polar surface area (TPSA) is 79.3 Å². The molecule has 2 heterocycles. The first-order chi connectivity index (χ1) is 14.5. The lowest BCUT2D eigenvalue weighted by atomic mass is 10.1. The maximum absolute atomic E-state index is 5.18. The fraction of sp³-hybridized carbons (Fsp3) is 0.478. The van der Waals surface area contributed by atoms with Crippen molar-refractivity contribution in [1.29, 1.82) is 0 Å². The minimum absolute atomic E-state index is 0. The Kier molecular flexibility index (Phi) is 9.83. The summed E-state index contributed by atoms with van der Waals surface area (Å²) in [5.74, 6) is 0.830. The highest BCUT2D eigenvalue weighted by Crippen LogP contribution is 2.19. The number of halogens is 1. The molecule has 2 aromatic heterocycles. The van der Waals surface area contributed by atoms with Crippen LogP contribution in [0.2, 0.25) is 0 Å². The summed E-state index contributed by atoms with van der Waals surface area (Å²) in [5, 5.41) is 12.7. The smallest absolute Gasteiger partial charge is 0.191 e. The molecule has 0 amide bonds. The molecule has 0 saturated heterocycles. The summed E-state index contributed by atoms with van der Waals surface area (Å²) < 4.78 is 7.18. The molecule has 7 nitrogen and oxygen atoms in total. The average Bonchev–Trinajstić information content (AvgIpc) is 3.24. The van der Waals surface area contributed by atoms with E-state index < -0.39 is 0 Å². The van der Waals surface area contributed by atoms with E-state index in [2.05, 4.69) is 65.9 Å². The Bertz CT molecular complexity index is 1010. The number of nitrogens with zero attached hydrogens (tertiary/aromatic N) is 3. The maximum Gasteiger partial charge on any atom is 0.191 e. The van der Waals surface area contributed by atoms with E-state index in [9.17, 15) is 0 Å². The zero-order valence-corrected chi connectivity index (χ0v) is 21.5. The lowest BCUT2D eigenvalue weighted by Crippen LogP contribution is -2.38. The average molecular weight is 538 g/mol. The number of nitrogens with one attached hydrogen (secondary N) is 3. The Hall–Kier alpha value is -2.07. The number of H-pyrrole nitrogens is 1. The normalized spacial score (nSPS) is 11.6. The fourth-order valence-corrected chi connectivity index (χ4v) is 3.68. The van der Waals surface area contributed by atoms with Gasteiger partial charge in [0, 0.05) is 48.6 Å². The van der Waals surface area contributed by atoms with Crippen LogP contribution in [0.15, 0.2) is 29.4 Å². The monoisotopic (exact) mass is 538 g/mol. The molecule has 0 aliphatic rings. The molecular weight excluding hydrogens is 503 g/mol. The molecule has 170 valence electrons. The number of hydrogen-bond acceptors (Lipinski definition) is 3. The second kappa shape index (κ2) is 12.1. The van der Waals surface area contributed by atoms with Gasteiger partial charge in [0.2, 0.25) is 0 Å². The number of aliphatic imine (C=N–C) groups is 1. The third-order valence-corrected chi connectivity index (χ3v) is 5.39. The van der Waals surface area contributed by atoms with E-state index in [1.54, 1.807) is 7.11 Å². The Morgan fingerprint density at radius 2 is 2.03 bits per heavy atom. The molecule has 0 aliphatic heterocycles. The number of ether oxygens (including phenoxy) is 1. The van der Waals surface area contributed by atoms with E-state index in [0.717, 1.165) is 43.4 Å². The molecule has 0 bridgehead atoms. The van der Waals surface area contributed by atoms with Crippen LogP contribution in [0.25, 0.3) is 10.9 Å². The molecular formula is C23H35IN6O. The van der Waals surface area contributed by atoms with Gasteiger partial charge in [-0.25, -0.2) is 4.99 Å². The van der Waals surface area contributed by atoms with Gasteiger partial charge in [0.25, 0.3) is 0 Å². The molecule has 3 aromatic rings. The number of aromatic amines is 1. The lowest BCUT2D eigenvalue weighted by molar-refractivity contribution is 0.182. The largest absolute Gasteiger partial charge is 0.383 e. The van der Waals surface area contributed by atoms with Crippen molar-refractivity contribution in [2.24, 2.45) is 4.99 Å². The van der Waals surface area contributed by atoms with Gasteiger partial charge in [-0.3, -0.25) is 4.68 Å². The number of hydrogen-bond donors (Lipinski definition) is 3. The van der Waals surface area contributed by atoms with E-state index in [1.807, 2.05) is 11.6 Å². The number of guanidine groups is 1. The summed E-state index contributed by atoms with van der Waals surface area (Å²) in [4.78, 5) is 8.17. The lowest BCUT2D eigenvalue weighted by Gasteiger charge is -2.11. The molecule has 1 aromatic carbocycles. The molecule has 8 heteroatoms. The second-order valence-corrected chi connectivity index (χ2v) is 7.60. The van der Waals surface area contributed by atoms with Gasteiger partial charge >= 0.3 is 0 Å². The first kappa shape index (κ1) is 25.2. The second-order valence-electron chi connectivity index (χ2n) is 7.60. The van der Waals surface area contributed by atoms with Crippen LogP contribution in [0.3, 0.4) is 0 Å². The quantitative estimate of drug-likeness (QED) is 0.220. The minimum Gasteiger partial charge on any atom is -0.383 e. The Morgan fingerprint density at radius 1 is 1.23 bits per heavy atom. The molecule has 0 atom stereocenters. The molecule has 0 saturated carbocycles. The van der Waals surface area contributed by atoms with Crippen molar-refractivity contribution >= 4 is 40.8 Å². The Balaban J connectivity index is 0.00000341. The van der Waals surface area contributed by atoms with Crippen molar-refractivity contribution in [3.63, 3.8) is 0 Å². The van der Waals surface area contributed by atoms with Crippen LogP contribution < -0.4 is 10.6 Å². The van der Waals surface area contributed by atoms with E-state index in [0.29, 0.717) is 13.2 Å². The molecule has 0 unspecified atom stereocenters. The molecule has 0 radical (unpaired) electrons. The van der Waals surface area contributed by atoms with Gasteiger partial charge in [0.05, 0.1) is 25.4 Å². The molecule has 0 aliphatic carbocycles. The molecule has 31 heavy (non-hydrogen) atoms. The highest BCUT2D eigenvalue weighted by molar-refractivity contribution is 14.0. The number of aromatic nitrogens is 3. The van der Waals surface area contributed by atoms with Crippen LogP contribution in [0, 0.1) is 20.8 Å². The molecule has 3 N–H and O–H groups in total. The highest BCUT2D eigenvalue weighted by atomic mass is 127. The van der Waals surface area contributed by atoms with Crippen molar-refractivity contribution in [2.45, 2.75) is 47.2 Å². The van der Waals surface area contributed by atoms with Gasteiger partial charge in [0.15, 0.2) is 5.96 Å². The third kappa shape index (κ3) is 6.46. The predicted octanol–water partition coefficient (Wildman–Crippen LogP) is 3.85. The van der Waals surface area contributed by atoms with Crippen LogP contribution in [-0.4, -0.2) is 47.5 Å². The summed E-state index contributed by atoms with van der Waals surface area (Å²) in [7, 11) is 1.71. The standard InChI is InChI=1S/C23H34N6O.HI/c1-6-24-23(27-15-21-17(3)28-29(18(21)4)11-12-30-5)25-10-9-19-14-26-22-13-16(2)7-8-20(19)22;/h7-8,13-14,26H,6,9-12,15H2,1-5H3,(H2,24,25,27);1H. The summed E-state index contributed by atoms with van der Waals surface area (Å²) in [6, 6.07) is 6.55. The molecule has 3 rings (SSSR count). The van der Waals surface area contributed by atoms with Gasteiger partial charge in [0.1, 0.15) is 0 Å². The summed E-state index contributed by atoms with van der Waals surface area (Å²) in [5.41, 5.74) is 7.14. The number of benzene rings is 1. The van der Waals surface area contributed by atoms with E-state index in [1.165, 1.54) is 27.6 Å². The van der Waals surface area contributed by atoms with Crippen molar-refractivity contribution < 1.29 is 4.74 Å². The van der Waals surface area contributed by atoms with Gasteiger partial charge in [-0.15, -0.1) is 24.0 Å². The van der Waals surface area contributed by atoms with Crippen LogP contribution in [-0.2, 0) is 24.2 Å². The SMILES string of the molecule is CCNC(=NCc1c(C)nn(CCOC)c1C)NCCc1c[nH]c2cc(C)ccc12.I. The van der Waals surface area contributed by atoms with E-state index >= 15 is 0 Å². The fourth-order valence-electron chi connectivity index (χ4n) is 3.68. The van der Waals surface area contributed by atoms with Crippen LogP contribution >= 0.6 is 24.0 Å². The van der Waals surface area contributed by atoms with Crippen molar-refractivity contribution in [3.8, 4) is 0 Å². The van der Waals surface area contributed by atoms with Crippen molar-refractivity contribution in [1.82, 2.24) is 25.4 Å².